The summed E-state index contributed by atoms with van der Waals surface area (Å²) in [6.45, 7) is 4.16. The monoisotopic (exact) mass is 306 g/mol. The van der Waals surface area contributed by atoms with Crippen LogP contribution in [0.4, 0.5) is 0 Å². The van der Waals surface area contributed by atoms with E-state index >= 15 is 0 Å². The van der Waals surface area contributed by atoms with Gasteiger partial charge in [-0.1, -0.05) is 0 Å². The second-order valence-corrected chi connectivity index (χ2v) is 6.68. The molecule has 1 saturated heterocycles. The lowest BCUT2D eigenvalue weighted by Crippen LogP contribution is -2.48. The second kappa shape index (κ2) is 5.27. The molecule has 1 aliphatic rings. The van der Waals surface area contributed by atoms with Crippen LogP contribution in [0, 0.1) is 0 Å². The average Bonchev–Trinajstić information content (AvgIpc) is 3.16. The number of carbonyl (C=O) groups excluding carboxylic acids is 1. The number of hydrogen-bond donors (Lipinski definition) is 1. The van der Waals surface area contributed by atoms with Crippen LogP contribution in [0.15, 0.2) is 28.2 Å². The van der Waals surface area contributed by atoms with Gasteiger partial charge in [0.15, 0.2) is 10.8 Å². The Labute approximate surface area is 127 Å². The molecular weight excluding hydrogens is 288 g/mol. The summed E-state index contributed by atoms with van der Waals surface area (Å²) in [7, 11) is 0. The van der Waals surface area contributed by atoms with Gasteiger partial charge in [0.2, 0.25) is 0 Å². The van der Waals surface area contributed by atoms with Crippen LogP contribution in [0.25, 0.3) is 10.8 Å². The molecule has 3 rings (SSSR count). The lowest BCUT2D eigenvalue weighted by molar-refractivity contribution is 0.000153. The van der Waals surface area contributed by atoms with Crippen molar-refractivity contribution in [1.29, 1.82) is 0 Å². The van der Waals surface area contributed by atoms with E-state index in [2.05, 4.69) is 4.98 Å². The van der Waals surface area contributed by atoms with Crippen LogP contribution < -0.4 is 0 Å². The summed E-state index contributed by atoms with van der Waals surface area (Å²) in [4.78, 5) is 18.7. The van der Waals surface area contributed by atoms with Crippen LogP contribution in [-0.2, 0) is 0 Å². The van der Waals surface area contributed by atoms with Crippen LogP contribution >= 0.6 is 11.3 Å². The summed E-state index contributed by atoms with van der Waals surface area (Å²) in [6, 6.07) is 3.46. The molecule has 2 aromatic rings. The summed E-state index contributed by atoms with van der Waals surface area (Å²) in [6.07, 6.45) is 3.32. The molecule has 1 fully saturated rings. The van der Waals surface area contributed by atoms with E-state index in [1.54, 1.807) is 36.5 Å². The first kappa shape index (κ1) is 14.3. The molecule has 1 aliphatic heterocycles. The molecule has 2 aromatic heterocycles. The number of rotatable bonds is 3. The zero-order valence-corrected chi connectivity index (χ0v) is 12.9. The zero-order chi connectivity index (χ0) is 15.0. The Morgan fingerprint density at radius 3 is 3.05 bits per heavy atom. The van der Waals surface area contributed by atoms with Crippen LogP contribution in [0.3, 0.4) is 0 Å². The number of amides is 1. The Balaban J connectivity index is 1.82. The molecule has 0 bridgehead atoms. The van der Waals surface area contributed by atoms with Gasteiger partial charge in [-0.05, 0) is 38.8 Å². The maximum Gasteiger partial charge on any atom is 0.273 e. The van der Waals surface area contributed by atoms with Gasteiger partial charge in [-0.15, -0.1) is 11.3 Å². The number of carbonyl (C=O) groups is 1. The van der Waals surface area contributed by atoms with Crippen molar-refractivity contribution in [2.45, 2.75) is 38.3 Å². The summed E-state index contributed by atoms with van der Waals surface area (Å²) in [5.41, 5.74) is -0.478. The number of furan rings is 1. The summed E-state index contributed by atoms with van der Waals surface area (Å²) >= 11 is 1.39. The van der Waals surface area contributed by atoms with E-state index in [9.17, 15) is 9.90 Å². The van der Waals surface area contributed by atoms with Crippen molar-refractivity contribution < 1.29 is 14.3 Å². The first-order valence-corrected chi connectivity index (χ1v) is 7.87. The number of thiazole rings is 1. The van der Waals surface area contributed by atoms with Crippen molar-refractivity contribution in [3.8, 4) is 10.8 Å². The number of hydrogen-bond acceptors (Lipinski definition) is 5. The van der Waals surface area contributed by atoms with Crippen molar-refractivity contribution in [2.24, 2.45) is 0 Å². The summed E-state index contributed by atoms with van der Waals surface area (Å²) in [5.74, 6) is 0.549. The third-order valence-corrected chi connectivity index (χ3v) is 4.64. The van der Waals surface area contributed by atoms with Gasteiger partial charge in [0.05, 0.1) is 17.9 Å². The fraction of sp³-hybridized carbons (Fsp3) is 0.467. The van der Waals surface area contributed by atoms with Crippen LogP contribution in [0.5, 0.6) is 0 Å². The topological polar surface area (TPSA) is 66.6 Å². The predicted octanol–water partition coefficient (Wildman–Crippen LogP) is 2.78. The minimum atomic E-state index is -0.897. The van der Waals surface area contributed by atoms with E-state index < -0.39 is 5.60 Å². The van der Waals surface area contributed by atoms with Crippen LogP contribution in [0.1, 0.15) is 37.2 Å². The Bertz CT molecular complexity index is 628. The Hall–Kier alpha value is -1.66. The van der Waals surface area contributed by atoms with Gasteiger partial charge >= 0.3 is 0 Å². The molecule has 3 heterocycles. The molecule has 0 saturated carbocycles. The molecular formula is C15H18N2O3S. The maximum atomic E-state index is 12.6. The van der Waals surface area contributed by atoms with E-state index in [-0.39, 0.29) is 11.9 Å². The fourth-order valence-corrected chi connectivity index (χ4v) is 3.54. The molecule has 0 aromatic carbocycles. The van der Waals surface area contributed by atoms with E-state index in [4.69, 9.17) is 4.42 Å². The van der Waals surface area contributed by atoms with Gasteiger partial charge in [-0.25, -0.2) is 4.98 Å². The van der Waals surface area contributed by atoms with Gasteiger partial charge in [0, 0.05) is 11.9 Å². The van der Waals surface area contributed by atoms with Crippen molar-refractivity contribution in [3.05, 3.63) is 29.5 Å². The van der Waals surface area contributed by atoms with Crippen molar-refractivity contribution in [2.75, 3.05) is 6.54 Å². The Morgan fingerprint density at radius 2 is 2.38 bits per heavy atom. The Morgan fingerprint density at radius 1 is 1.57 bits per heavy atom. The van der Waals surface area contributed by atoms with Crippen molar-refractivity contribution in [1.82, 2.24) is 9.88 Å². The lowest BCUT2D eigenvalue weighted by Gasteiger charge is -2.33. The number of likely N-dealkylation sites (tertiary alicyclic amines) is 1. The molecule has 1 amide bonds. The van der Waals surface area contributed by atoms with Gasteiger partial charge < -0.3 is 14.4 Å². The van der Waals surface area contributed by atoms with E-state index in [0.29, 0.717) is 23.0 Å². The SMILES string of the molecule is CC(C)(O)C1CCCN1C(=O)c1csc(-c2ccco2)n1. The predicted molar refractivity (Wildman–Crippen MR) is 80.2 cm³/mol. The van der Waals surface area contributed by atoms with Gasteiger partial charge in [-0.3, -0.25) is 4.79 Å². The first-order chi connectivity index (χ1) is 9.97. The Kier molecular flexibility index (Phi) is 3.59. The number of nitrogens with zero attached hydrogens (tertiary/aromatic N) is 2. The van der Waals surface area contributed by atoms with Crippen LogP contribution in [0.2, 0.25) is 0 Å². The average molecular weight is 306 g/mol. The first-order valence-electron chi connectivity index (χ1n) is 6.99. The second-order valence-electron chi connectivity index (χ2n) is 5.83. The highest BCUT2D eigenvalue weighted by Crippen LogP contribution is 2.30. The molecule has 21 heavy (non-hydrogen) atoms. The number of aromatic nitrogens is 1. The van der Waals surface area contributed by atoms with Crippen molar-refractivity contribution >= 4 is 17.2 Å². The molecule has 0 spiro atoms. The maximum absolute atomic E-state index is 12.6. The van der Waals surface area contributed by atoms with Gasteiger partial charge in [0.1, 0.15) is 5.69 Å². The molecule has 1 unspecified atom stereocenters. The summed E-state index contributed by atoms with van der Waals surface area (Å²) < 4.78 is 5.30. The highest BCUT2D eigenvalue weighted by molar-refractivity contribution is 7.13. The highest BCUT2D eigenvalue weighted by Gasteiger charge is 2.39. The normalized spacial score (nSPS) is 19.2. The van der Waals surface area contributed by atoms with Crippen molar-refractivity contribution in [3.63, 3.8) is 0 Å². The van der Waals surface area contributed by atoms with Crippen LogP contribution in [-0.4, -0.2) is 39.1 Å². The molecule has 0 radical (unpaired) electrons. The van der Waals surface area contributed by atoms with E-state index in [1.165, 1.54) is 11.3 Å². The van der Waals surface area contributed by atoms with E-state index in [1.807, 2.05) is 6.07 Å². The summed E-state index contributed by atoms with van der Waals surface area (Å²) in [5, 5.41) is 12.7. The molecule has 5 nitrogen and oxygen atoms in total. The minimum absolute atomic E-state index is 0.117. The number of aliphatic hydroxyl groups is 1. The smallest absolute Gasteiger partial charge is 0.273 e. The molecule has 6 heteroatoms. The van der Waals surface area contributed by atoms with E-state index in [0.717, 1.165) is 12.8 Å². The standard InChI is InChI=1S/C15H18N2O3S/c1-15(2,19)12-6-3-7-17(12)14(18)10-9-21-13(16-10)11-5-4-8-20-11/h4-5,8-9,12,19H,3,6-7H2,1-2H3. The third kappa shape index (κ3) is 2.73. The largest absolute Gasteiger partial charge is 0.462 e. The highest BCUT2D eigenvalue weighted by atomic mass is 32.1. The molecule has 1 N–H and O–H groups in total. The van der Waals surface area contributed by atoms with Gasteiger partial charge in [-0.2, -0.15) is 0 Å². The lowest BCUT2D eigenvalue weighted by atomic mass is 9.96. The molecule has 112 valence electrons. The molecule has 1 atom stereocenters. The zero-order valence-electron chi connectivity index (χ0n) is 12.1. The minimum Gasteiger partial charge on any atom is -0.462 e. The van der Waals surface area contributed by atoms with Gasteiger partial charge in [0.25, 0.3) is 5.91 Å². The fourth-order valence-electron chi connectivity index (χ4n) is 2.78. The quantitative estimate of drug-likeness (QED) is 0.947. The molecule has 0 aliphatic carbocycles. The third-order valence-electron chi connectivity index (χ3n) is 3.78.